The molecular weight excluding hydrogens is 196 g/mol. The van der Waals surface area contributed by atoms with Gasteiger partial charge < -0.3 is 10.4 Å². The summed E-state index contributed by atoms with van der Waals surface area (Å²) in [5.74, 6) is -0.0925. The standard InChI is InChI=1S/C10H18N2O3/c1-2-7(3-4-13)6-11-8-5-9(14)12-10(8)15/h7-8,11,13H,2-6H2,1H3,(H,12,14,15). The summed E-state index contributed by atoms with van der Waals surface area (Å²) in [5.41, 5.74) is 0. The van der Waals surface area contributed by atoms with E-state index in [9.17, 15) is 9.59 Å². The molecule has 0 aromatic heterocycles. The van der Waals surface area contributed by atoms with Gasteiger partial charge in [0.1, 0.15) is 0 Å². The summed E-state index contributed by atoms with van der Waals surface area (Å²) in [5, 5.41) is 14.1. The summed E-state index contributed by atoms with van der Waals surface area (Å²) in [6, 6.07) is -0.384. The lowest BCUT2D eigenvalue weighted by molar-refractivity contribution is -0.125. The first kappa shape index (κ1) is 12.1. The Balaban J connectivity index is 2.29. The summed E-state index contributed by atoms with van der Waals surface area (Å²) in [6.07, 6.45) is 1.91. The first-order chi connectivity index (χ1) is 7.17. The average molecular weight is 214 g/mol. The molecule has 1 rings (SSSR count). The Kier molecular flexibility index (Phi) is 4.71. The molecule has 86 valence electrons. The summed E-state index contributed by atoms with van der Waals surface area (Å²) in [7, 11) is 0. The molecular formula is C10H18N2O3. The van der Waals surface area contributed by atoms with E-state index in [1.54, 1.807) is 0 Å². The van der Waals surface area contributed by atoms with Crippen molar-refractivity contribution in [1.29, 1.82) is 0 Å². The maximum Gasteiger partial charge on any atom is 0.244 e. The molecule has 1 fully saturated rings. The predicted octanol–water partition coefficient (Wildman–Crippen LogP) is -0.600. The largest absolute Gasteiger partial charge is 0.396 e. The molecule has 1 saturated heterocycles. The van der Waals surface area contributed by atoms with Gasteiger partial charge in [0.25, 0.3) is 0 Å². The van der Waals surface area contributed by atoms with Gasteiger partial charge in [0.2, 0.25) is 11.8 Å². The van der Waals surface area contributed by atoms with Gasteiger partial charge >= 0.3 is 0 Å². The highest BCUT2D eigenvalue weighted by Crippen LogP contribution is 2.08. The lowest BCUT2D eigenvalue weighted by Crippen LogP contribution is -2.39. The van der Waals surface area contributed by atoms with Gasteiger partial charge in [-0.05, 0) is 18.9 Å². The number of amides is 2. The predicted molar refractivity (Wildman–Crippen MR) is 55.0 cm³/mol. The Morgan fingerprint density at radius 1 is 1.60 bits per heavy atom. The fraction of sp³-hybridized carbons (Fsp3) is 0.800. The molecule has 1 aliphatic rings. The van der Waals surface area contributed by atoms with E-state index in [-0.39, 0.29) is 30.9 Å². The highest BCUT2D eigenvalue weighted by Gasteiger charge is 2.30. The van der Waals surface area contributed by atoms with Crippen LogP contribution in [0.4, 0.5) is 0 Å². The van der Waals surface area contributed by atoms with Crippen molar-refractivity contribution in [3.63, 3.8) is 0 Å². The first-order valence-electron chi connectivity index (χ1n) is 5.35. The highest BCUT2D eigenvalue weighted by atomic mass is 16.3. The second-order valence-corrected chi connectivity index (χ2v) is 3.86. The summed E-state index contributed by atoms with van der Waals surface area (Å²) < 4.78 is 0. The van der Waals surface area contributed by atoms with Gasteiger partial charge in [-0.3, -0.25) is 14.9 Å². The average Bonchev–Trinajstić information content (AvgIpc) is 2.52. The Morgan fingerprint density at radius 3 is 2.80 bits per heavy atom. The van der Waals surface area contributed by atoms with E-state index in [0.29, 0.717) is 12.5 Å². The minimum absolute atomic E-state index is 0.163. The molecule has 0 aromatic carbocycles. The van der Waals surface area contributed by atoms with Crippen molar-refractivity contribution in [3.8, 4) is 0 Å². The van der Waals surface area contributed by atoms with E-state index in [1.807, 2.05) is 6.92 Å². The van der Waals surface area contributed by atoms with Gasteiger partial charge in [0.15, 0.2) is 0 Å². The molecule has 5 nitrogen and oxygen atoms in total. The number of hydrogen-bond acceptors (Lipinski definition) is 4. The number of carbonyl (C=O) groups excluding carboxylic acids is 2. The van der Waals surface area contributed by atoms with Crippen molar-refractivity contribution in [2.45, 2.75) is 32.2 Å². The van der Waals surface area contributed by atoms with E-state index < -0.39 is 0 Å². The molecule has 15 heavy (non-hydrogen) atoms. The van der Waals surface area contributed by atoms with Gasteiger partial charge in [0, 0.05) is 6.61 Å². The lowest BCUT2D eigenvalue weighted by atomic mass is 10.0. The van der Waals surface area contributed by atoms with Gasteiger partial charge in [0.05, 0.1) is 12.5 Å². The highest BCUT2D eigenvalue weighted by molar-refractivity contribution is 6.05. The smallest absolute Gasteiger partial charge is 0.244 e. The molecule has 2 atom stereocenters. The summed E-state index contributed by atoms with van der Waals surface area (Å²) in [4.78, 5) is 22.1. The topological polar surface area (TPSA) is 78.4 Å². The third-order valence-corrected chi connectivity index (χ3v) is 2.74. The number of hydrogen-bond donors (Lipinski definition) is 3. The Hall–Kier alpha value is -0.940. The Labute approximate surface area is 89.2 Å². The van der Waals surface area contributed by atoms with E-state index in [1.165, 1.54) is 0 Å². The van der Waals surface area contributed by atoms with E-state index >= 15 is 0 Å². The molecule has 0 spiro atoms. The number of carbonyl (C=O) groups is 2. The lowest BCUT2D eigenvalue weighted by Gasteiger charge is -2.16. The second-order valence-electron chi connectivity index (χ2n) is 3.86. The molecule has 0 aromatic rings. The van der Waals surface area contributed by atoms with Crippen LogP contribution in [0.1, 0.15) is 26.2 Å². The number of aliphatic hydroxyl groups is 1. The summed E-state index contributed by atoms with van der Waals surface area (Å²) in [6.45, 7) is 2.88. The Bertz CT molecular complexity index is 243. The van der Waals surface area contributed by atoms with Crippen molar-refractivity contribution in [3.05, 3.63) is 0 Å². The van der Waals surface area contributed by atoms with Crippen LogP contribution in [0.3, 0.4) is 0 Å². The van der Waals surface area contributed by atoms with Crippen LogP contribution in [-0.4, -0.2) is 36.1 Å². The fourth-order valence-electron chi connectivity index (χ4n) is 1.66. The molecule has 5 heteroatoms. The SMILES string of the molecule is CCC(CCO)CNC1CC(=O)NC1=O. The third-order valence-electron chi connectivity index (χ3n) is 2.74. The number of imide groups is 1. The van der Waals surface area contributed by atoms with Crippen LogP contribution in [0, 0.1) is 5.92 Å². The van der Waals surface area contributed by atoms with Crippen molar-refractivity contribution in [2.24, 2.45) is 5.92 Å². The molecule has 0 radical (unpaired) electrons. The van der Waals surface area contributed by atoms with Crippen LogP contribution in [-0.2, 0) is 9.59 Å². The van der Waals surface area contributed by atoms with Crippen LogP contribution in [0.2, 0.25) is 0 Å². The normalized spacial score (nSPS) is 22.9. The van der Waals surface area contributed by atoms with E-state index in [4.69, 9.17) is 5.11 Å². The van der Waals surface area contributed by atoms with Gasteiger partial charge in [-0.1, -0.05) is 13.3 Å². The monoisotopic (exact) mass is 214 g/mol. The molecule has 0 aliphatic carbocycles. The maximum absolute atomic E-state index is 11.2. The van der Waals surface area contributed by atoms with Gasteiger partial charge in [-0.2, -0.15) is 0 Å². The van der Waals surface area contributed by atoms with Gasteiger partial charge in [-0.15, -0.1) is 0 Å². The quantitative estimate of drug-likeness (QED) is 0.516. The number of nitrogens with one attached hydrogen (secondary N) is 2. The number of aliphatic hydroxyl groups excluding tert-OH is 1. The van der Waals surface area contributed by atoms with Gasteiger partial charge in [-0.25, -0.2) is 0 Å². The molecule has 2 unspecified atom stereocenters. The minimum Gasteiger partial charge on any atom is -0.396 e. The number of rotatable bonds is 6. The van der Waals surface area contributed by atoms with Crippen LogP contribution >= 0.6 is 0 Å². The van der Waals surface area contributed by atoms with Crippen LogP contribution < -0.4 is 10.6 Å². The molecule has 1 aliphatic heterocycles. The first-order valence-corrected chi connectivity index (χ1v) is 5.35. The zero-order chi connectivity index (χ0) is 11.3. The zero-order valence-corrected chi connectivity index (χ0v) is 8.95. The van der Waals surface area contributed by atoms with E-state index in [0.717, 1.165) is 12.8 Å². The molecule has 2 amide bonds. The van der Waals surface area contributed by atoms with Crippen molar-refractivity contribution >= 4 is 11.8 Å². The van der Waals surface area contributed by atoms with Crippen LogP contribution in [0.5, 0.6) is 0 Å². The van der Waals surface area contributed by atoms with E-state index in [2.05, 4.69) is 10.6 Å². The minimum atomic E-state index is -0.384. The maximum atomic E-state index is 11.2. The zero-order valence-electron chi connectivity index (χ0n) is 8.95. The van der Waals surface area contributed by atoms with Crippen LogP contribution in [0.25, 0.3) is 0 Å². The molecule has 0 saturated carbocycles. The molecule has 3 N–H and O–H groups in total. The molecule has 1 heterocycles. The Morgan fingerprint density at radius 2 is 2.33 bits per heavy atom. The van der Waals surface area contributed by atoms with Crippen molar-refractivity contribution in [1.82, 2.24) is 10.6 Å². The fourth-order valence-corrected chi connectivity index (χ4v) is 1.66. The summed E-state index contributed by atoms with van der Waals surface area (Å²) >= 11 is 0. The van der Waals surface area contributed by atoms with Crippen LogP contribution in [0.15, 0.2) is 0 Å². The second kappa shape index (κ2) is 5.82. The van der Waals surface area contributed by atoms with Crippen molar-refractivity contribution < 1.29 is 14.7 Å². The third kappa shape index (κ3) is 3.60. The van der Waals surface area contributed by atoms with Crippen molar-refractivity contribution in [2.75, 3.05) is 13.2 Å². The molecule has 0 bridgehead atoms.